The summed E-state index contributed by atoms with van der Waals surface area (Å²) in [5.41, 5.74) is 0.234. The van der Waals surface area contributed by atoms with Crippen molar-refractivity contribution in [1.82, 2.24) is 0 Å². The molecular weight excluding hydrogens is 296 g/mol. The third-order valence-electron chi connectivity index (χ3n) is 2.97. The van der Waals surface area contributed by atoms with Crippen LogP contribution in [-0.4, -0.2) is 39.3 Å². The lowest BCUT2D eigenvalue weighted by molar-refractivity contribution is -0.148. The maximum atomic E-state index is 12.0. The summed E-state index contributed by atoms with van der Waals surface area (Å²) >= 11 is 0. The zero-order valence-corrected chi connectivity index (χ0v) is 12.8. The molecule has 7 heteroatoms. The summed E-state index contributed by atoms with van der Waals surface area (Å²) in [6.45, 7) is 1.21. The van der Waals surface area contributed by atoms with Crippen molar-refractivity contribution in [1.29, 1.82) is 0 Å². The number of hydrogen-bond acceptors (Lipinski definition) is 6. The van der Waals surface area contributed by atoms with Crippen LogP contribution in [-0.2, 0) is 24.2 Å². The molecular formula is C14H16O6S. The number of ketones is 2. The van der Waals surface area contributed by atoms with Crippen LogP contribution in [0, 0.1) is 5.92 Å². The van der Waals surface area contributed by atoms with E-state index in [4.69, 9.17) is 0 Å². The number of carbonyl (C=O) groups is 3. The van der Waals surface area contributed by atoms with E-state index in [1.807, 2.05) is 0 Å². The van der Waals surface area contributed by atoms with Crippen molar-refractivity contribution in [3.8, 4) is 0 Å². The molecule has 6 nitrogen and oxygen atoms in total. The summed E-state index contributed by atoms with van der Waals surface area (Å²) in [6.07, 6.45) is 0.757. The zero-order valence-electron chi connectivity index (χ0n) is 12.0. The minimum Gasteiger partial charge on any atom is -0.468 e. The monoisotopic (exact) mass is 312 g/mol. The summed E-state index contributed by atoms with van der Waals surface area (Å²) in [7, 11) is -2.20. The third kappa shape index (κ3) is 4.49. The van der Waals surface area contributed by atoms with Gasteiger partial charge in [0.2, 0.25) is 0 Å². The second-order valence-corrected chi connectivity index (χ2v) is 6.63. The maximum absolute atomic E-state index is 12.0. The molecule has 0 aromatic heterocycles. The normalized spacial score (nSPS) is 12.5. The predicted octanol–water partition coefficient (Wildman–Crippen LogP) is 1.04. The first-order valence-electron chi connectivity index (χ1n) is 6.08. The molecule has 0 aliphatic rings. The molecule has 1 aromatic carbocycles. The first-order valence-corrected chi connectivity index (χ1v) is 7.97. The van der Waals surface area contributed by atoms with Crippen LogP contribution in [0.3, 0.4) is 0 Å². The van der Waals surface area contributed by atoms with Crippen molar-refractivity contribution in [2.45, 2.75) is 18.2 Å². The van der Waals surface area contributed by atoms with E-state index in [9.17, 15) is 22.8 Å². The molecule has 0 saturated carbocycles. The topological polar surface area (TPSA) is 94.6 Å². The minimum atomic E-state index is -3.34. The number of hydrogen-bond donors (Lipinski definition) is 0. The van der Waals surface area contributed by atoms with Crippen LogP contribution in [0.5, 0.6) is 0 Å². The number of carbonyl (C=O) groups excluding carboxylic acids is 3. The van der Waals surface area contributed by atoms with Gasteiger partial charge in [0.05, 0.1) is 12.0 Å². The van der Waals surface area contributed by atoms with Gasteiger partial charge in [0, 0.05) is 18.2 Å². The molecule has 0 amide bonds. The van der Waals surface area contributed by atoms with Gasteiger partial charge in [0.15, 0.2) is 15.6 Å². The number of sulfone groups is 1. The molecule has 1 rings (SSSR count). The first kappa shape index (κ1) is 17.0. The van der Waals surface area contributed by atoms with Crippen molar-refractivity contribution in [2.24, 2.45) is 5.92 Å². The van der Waals surface area contributed by atoms with Crippen molar-refractivity contribution in [3.05, 3.63) is 29.8 Å². The molecule has 0 fully saturated rings. The number of Topliss-reactive ketones (excluding diaryl/α,β-unsaturated/α-hetero) is 2. The number of methoxy groups -OCH3 is 1. The van der Waals surface area contributed by atoms with E-state index in [2.05, 4.69) is 4.74 Å². The second kappa shape index (κ2) is 6.62. The fourth-order valence-corrected chi connectivity index (χ4v) is 2.36. The first-order chi connectivity index (χ1) is 9.66. The van der Waals surface area contributed by atoms with E-state index in [1.165, 1.54) is 31.2 Å². The van der Waals surface area contributed by atoms with Crippen LogP contribution in [0.15, 0.2) is 29.2 Å². The number of rotatable bonds is 6. The molecule has 21 heavy (non-hydrogen) atoms. The van der Waals surface area contributed by atoms with Crippen molar-refractivity contribution in [2.75, 3.05) is 13.4 Å². The van der Waals surface area contributed by atoms with Crippen LogP contribution in [0.1, 0.15) is 23.7 Å². The Balaban J connectivity index is 2.94. The molecule has 1 unspecified atom stereocenters. The third-order valence-corrected chi connectivity index (χ3v) is 4.10. The lowest BCUT2D eigenvalue weighted by Crippen LogP contribution is -2.26. The fourth-order valence-electron chi connectivity index (χ4n) is 1.73. The molecule has 0 saturated heterocycles. The van der Waals surface area contributed by atoms with Gasteiger partial charge in [-0.2, -0.15) is 0 Å². The Labute approximate surface area is 123 Å². The summed E-state index contributed by atoms with van der Waals surface area (Å²) in [5.74, 6) is -2.79. The summed E-state index contributed by atoms with van der Waals surface area (Å²) in [5, 5.41) is 0. The maximum Gasteiger partial charge on any atom is 0.316 e. The molecule has 114 valence electrons. The van der Waals surface area contributed by atoms with Crippen LogP contribution in [0.25, 0.3) is 0 Å². The largest absolute Gasteiger partial charge is 0.468 e. The highest BCUT2D eigenvalue weighted by Gasteiger charge is 2.27. The molecule has 0 aliphatic carbocycles. The van der Waals surface area contributed by atoms with E-state index in [1.54, 1.807) is 0 Å². The Hall–Kier alpha value is -2.02. The molecule has 0 bridgehead atoms. The van der Waals surface area contributed by atoms with Gasteiger partial charge in [-0.15, -0.1) is 0 Å². The molecule has 0 spiro atoms. The Morgan fingerprint density at radius 3 is 2.05 bits per heavy atom. The van der Waals surface area contributed by atoms with Crippen molar-refractivity contribution >= 4 is 27.4 Å². The van der Waals surface area contributed by atoms with Crippen LogP contribution in [0.4, 0.5) is 0 Å². The standard InChI is InChI=1S/C14H16O6S/c1-9(15)12(14(17)20-2)8-13(16)10-4-6-11(7-5-10)21(3,18)19/h4-7,12H,8H2,1-3H3. The van der Waals surface area contributed by atoms with Crippen LogP contribution in [0.2, 0.25) is 0 Å². The Kier molecular flexibility index (Phi) is 5.37. The molecule has 1 aromatic rings. The highest BCUT2D eigenvalue weighted by molar-refractivity contribution is 7.90. The number of esters is 1. The Morgan fingerprint density at radius 1 is 1.14 bits per heavy atom. The Bertz CT molecular complexity index is 657. The summed E-state index contributed by atoms with van der Waals surface area (Å²) < 4.78 is 27.1. The molecule has 0 aliphatic heterocycles. The van der Waals surface area contributed by atoms with Gasteiger partial charge in [-0.05, 0) is 19.1 Å². The SMILES string of the molecule is COC(=O)C(CC(=O)c1ccc(S(C)(=O)=O)cc1)C(C)=O. The lowest BCUT2D eigenvalue weighted by atomic mass is 9.95. The van der Waals surface area contributed by atoms with E-state index in [0.717, 1.165) is 13.4 Å². The average Bonchev–Trinajstić information content (AvgIpc) is 2.42. The van der Waals surface area contributed by atoms with Gasteiger partial charge in [-0.3, -0.25) is 14.4 Å². The van der Waals surface area contributed by atoms with Gasteiger partial charge in [-0.25, -0.2) is 8.42 Å². The second-order valence-electron chi connectivity index (χ2n) is 4.61. The van der Waals surface area contributed by atoms with E-state index in [-0.39, 0.29) is 16.9 Å². The highest BCUT2D eigenvalue weighted by Crippen LogP contribution is 2.15. The minimum absolute atomic E-state index is 0.0927. The molecule has 1 atom stereocenters. The quantitative estimate of drug-likeness (QED) is 0.442. The van der Waals surface area contributed by atoms with E-state index in [0.29, 0.717) is 0 Å². The van der Waals surface area contributed by atoms with Crippen molar-refractivity contribution in [3.63, 3.8) is 0 Å². The average molecular weight is 312 g/mol. The molecule has 0 heterocycles. The van der Waals surface area contributed by atoms with Gasteiger partial charge in [-0.1, -0.05) is 12.1 Å². The van der Waals surface area contributed by atoms with E-state index < -0.39 is 33.3 Å². The van der Waals surface area contributed by atoms with Gasteiger partial charge in [0.25, 0.3) is 0 Å². The van der Waals surface area contributed by atoms with Gasteiger partial charge < -0.3 is 4.74 Å². The molecule has 0 radical (unpaired) electrons. The lowest BCUT2D eigenvalue weighted by Gasteiger charge is -2.10. The molecule has 0 N–H and O–H groups in total. The van der Waals surface area contributed by atoms with Crippen molar-refractivity contribution < 1.29 is 27.5 Å². The summed E-state index contributed by atoms with van der Waals surface area (Å²) in [6, 6.07) is 5.33. The van der Waals surface area contributed by atoms with Crippen LogP contribution < -0.4 is 0 Å². The predicted molar refractivity (Wildman–Crippen MR) is 74.7 cm³/mol. The fraction of sp³-hybridized carbons (Fsp3) is 0.357. The van der Waals surface area contributed by atoms with Gasteiger partial charge >= 0.3 is 5.97 Å². The van der Waals surface area contributed by atoms with Gasteiger partial charge in [0.1, 0.15) is 11.7 Å². The number of benzene rings is 1. The number of ether oxygens (including phenoxy) is 1. The van der Waals surface area contributed by atoms with E-state index >= 15 is 0 Å². The Morgan fingerprint density at radius 2 is 1.67 bits per heavy atom. The highest BCUT2D eigenvalue weighted by atomic mass is 32.2. The van der Waals surface area contributed by atoms with Crippen LogP contribution >= 0.6 is 0 Å². The zero-order chi connectivity index (χ0) is 16.2. The smallest absolute Gasteiger partial charge is 0.316 e. The summed E-state index contributed by atoms with van der Waals surface area (Å²) in [4.78, 5) is 34.9.